The van der Waals surface area contributed by atoms with Crippen LogP contribution in [0.25, 0.3) is 6.08 Å². The van der Waals surface area contributed by atoms with E-state index in [1.807, 2.05) is 69.3 Å². The third-order valence-electron chi connectivity index (χ3n) is 4.63. The monoisotopic (exact) mass is 373 g/mol. The maximum Gasteiger partial charge on any atom is 0.194 e. The Morgan fingerprint density at radius 3 is 2.11 bits per heavy atom. The van der Waals surface area contributed by atoms with Crippen LogP contribution in [0.15, 0.2) is 67.2 Å². The van der Waals surface area contributed by atoms with Crippen molar-refractivity contribution >= 4 is 30.3 Å². The molecule has 0 fully saturated rings. The van der Waals surface area contributed by atoms with E-state index in [2.05, 4.69) is 6.58 Å². The largest absolute Gasteiger partial charge is 0.289 e. The molecule has 0 spiro atoms. The second kappa shape index (κ2) is 7.82. The summed E-state index contributed by atoms with van der Waals surface area (Å²) in [5.74, 6) is -0.0772. The second-order valence-electron chi connectivity index (χ2n) is 6.71. The van der Waals surface area contributed by atoms with Gasteiger partial charge in [-0.1, -0.05) is 54.6 Å². The lowest BCUT2D eigenvalue weighted by Crippen LogP contribution is -2.18. The maximum absolute atomic E-state index is 13.3. The summed E-state index contributed by atoms with van der Waals surface area (Å²) >= 11 is 0. The van der Waals surface area contributed by atoms with Crippen molar-refractivity contribution in [3.63, 3.8) is 0 Å². The van der Waals surface area contributed by atoms with Crippen molar-refractivity contribution in [2.75, 3.05) is 0 Å². The Balaban J connectivity index is 2.07. The van der Waals surface area contributed by atoms with Crippen molar-refractivity contribution in [2.24, 2.45) is 0 Å². The Morgan fingerprint density at radius 1 is 0.926 bits per heavy atom. The summed E-state index contributed by atoms with van der Waals surface area (Å²) in [6.45, 7) is 9.66. The topological polar surface area (TPSA) is 34.1 Å². The first kappa shape index (κ1) is 18.9. The van der Waals surface area contributed by atoms with E-state index < -0.39 is 7.80 Å². The summed E-state index contributed by atoms with van der Waals surface area (Å²) in [7, 11) is -1.86. The number of benzene rings is 3. The van der Waals surface area contributed by atoms with Crippen molar-refractivity contribution in [1.82, 2.24) is 0 Å². The molecule has 1 unspecified atom stereocenters. The molecule has 0 aliphatic heterocycles. The van der Waals surface area contributed by atoms with E-state index in [1.165, 1.54) is 0 Å². The number of hydrogen-bond acceptors (Lipinski definition) is 2. The Hall–Kier alpha value is -2.83. The minimum absolute atomic E-state index is 0.0772. The molecule has 1 atom stereocenters. The van der Waals surface area contributed by atoms with E-state index in [0.717, 1.165) is 22.3 Å². The first-order valence-corrected chi connectivity index (χ1v) is 10.1. The first-order valence-electron chi connectivity index (χ1n) is 8.83. The maximum atomic E-state index is 13.3. The van der Waals surface area contributed by atoms with Gasteiger partial charge in [0.05, 0.1) is 0 Å². The van der Waals surface area contributed by atoms with Gasteiger partial charge in [0.2, 0.25) is 0 Å². The average Bonchev–Trinajstić information content (AvgIpc) is 2.66. The molecule has 0 bridgehead atoms. The number of rotatable bonds is 5. The SMILES string of the molecule is C=Cc1ccc([P](=O)c2ccccc2C(=O)c2c(C)cc(C)cc2C)cc1. The van der Waals surface area contributed by atoms with Crippen LogP contribution in [0.5, 0.6) is 0 Å². The van der Waals surface area contributed by atoms with E-state index in [4.69, 9.17) is 0 Å². The Bertz CT molecular complexity index is 1020. The van der Waals surface area contributed by atoms with Gasteiger partial charge in [0, 0.05) is 21.7 Å². The van der Waals surface area contributed by atoms with Crippen LogP contribution >= 0.6 is 7.80 Å². The molecule has 0 aliphatic carbocycles. The summed E-state index contributed by atoms with van der Waals surface area (Å²) < 4.78 is 13.2. The fraction of sp³-hybridized carbons (Fsp3) is 0.125. The minimum atomic E-state index is -1.86. The van der Waals surface area contributed by atoms with E-state index in [-0.39, 0.29) is 5.78 Å². The number of aryl methyl sites for hydroxylation is 3. The number of carbonyl (C=O) groups is 1. The summed E-state index contributed by atoms with van der Waals surface area (Å²) in [5.41, 5.74) is 5.18. The quantitative estimate of drug-likeness (QED) is 0.451. The fourth-order valence-corrected chi connectivity index (χ4v) is 4.71. The summed E-state index contributed by atoms with van der Waals surface area (Å²) in [6.07, 6.45) is 1.75. The lowest BCUT2D eigenvalue weighted by Gasteiger charge is -2.13. The molecule has 3 aromatic rings. The van der Waals surface area contributed by atoms with Crippen LogP contribution < -0.4 is 10.6 Å². The molecule has 0 N–H and O–H groups in total. The third kappa shape index (κ3) is 3.82. The number of hydrogen-bond donors (Lipinski definition) is 0. The molecule has 27 heavy (non-hydrogen) atoms. The minimum Gasteiger partial charge on any atom is -0.289 e. The second-order valence-corrected chi connectivity index (χ2v) is 8.30. The molecular weight excluding hydrogens is 351 g/mol. The van der Waals surface area contributed by atoms with E-state index in [1.54, 1.807) is 18.2 Å². The van der Waals surface area contributed by atoms with Crippen LogP contribution in [0.2, 0.25) is 0 Å². The zero-order valence-electron chi connectivity index (χ0n) is 15.8. The van der Waals surface area contributed by atoms with Crippen LogP contribution in [0.1, 0.15) is 38.2 Å². The van der Waals surface area contributed by atoms with Crippen molar-refractivity contribution in [3.8, 4) is 0 Å². The van der Waals surface area contributed by atoms with Gasteiger partial charge in [-0.2, -0.15) is 0 Å². The van der Waals surface area contributed by atoms with Gasteiger partial charge in [0.25, 0.3) is 0 Å². The average molecular weight is 373 g/mol. The molecule has 0 saturated heterocycles. The Labute approximate surface area is 161 Å². The normalized spacial score (nSPS) is 11.1. The van der Waals surface area contributed by atoms with Crippen molar-refractivity contribution in [2.45, 2.75) is 20.8 Å². The smallest absolute Gasteiger partial charge is 0.194 e. The van der Waals surface area contributed by atoms with Gasteiger partial charge in [0.15, 0.2) is 5.78 Å². The molecule has 0 aromatic heterocycles. The van der Waals surface area contributed by atoms with Gasteiger partial charge in [-0.05, 0) is 61.7 Å². The van der Waals surface area contributed by atoms with Gasteiger partial charge in [0.1, 0.15) is 7.80 Å². The molecule has 2 nitrogen and oxygen atoms in total. The van der Waals surface area contributed by atoms with Crippen molar-refractivity contribution in [1.29, 1.82) is 0 Å². The highest BCUT2D eigenvalue weighted by Crippen LogP contribution is 2.26. The highest BCUT2D eigenvalue weighted by Gasteiger charge is 2.21. The van der Waals surface area contributed by atoms with Gasteiger partial charge in [-0.25, -0.2) is 0 Å². The van der Waals surface area contributed by atoms with Gasteiger partial charge in [-0.3, -0.25) is 9.36 Å². The predicted octanol–water partition coefficient (Wildman–Crippen LogP) is 5.26. The molecule has 1 radical (unpaired) electrons. The van der Waals surface area contributed by atoms with Crippen LogP contribution in [0, 0.1) is 20.8 Å². The fourth-order valence-electron chi connectivity index (χ4n) is 3.40. The zero-order valence-corrected chi connectivity index (χ0v) is 16.7. The zero-order chi connectivity index (χ0) is 19.6. The predicted molar refractivity (Wildman–Crippen MR) is 114 cm³/mol. The highest BCUT2D eigenvalue weighted by molar-refractivity contribution is 7.61. The van der Waals surface area contributed by atoms with Gasteiger partial charge >= 0.3 is 0 Å². The molecule has 0 aliphatic rings. The molecule has 3 rings (SSSR count). The number of carbonyl (C=O) groups excluding carboxylic acids is 1. The van der Waals surface area contributed by atoms with Crippen LogP contribution in [-0.4, -0.2) is 5.78 Å². The Morgan fingerprint density at radius 2 is 1.52 bits per heavy atom. The first-order chi connectivity index (χ1) is 12.9. The van der Waals surface area contributed by atoms with Crippen LogP contribution in [-0.2, 0) is 4.57 Å². The molecule has 3 heteroatoms. The summed E-state index contributed by atoms with van der Waals surface area (Å²) in [6, 6.07) is 18.6. The highest BCUT2D eigenvalue weighted by atomic mass is 31.1. The molecule has 0 heterocycles. The van der Waals surface area contributed by atoms with Crippen molar-refractivity contribution in [3.05, 3.63) is 101 Å². The molecular formula is C24H22O2P. The van der Waals surface area contributed by atoms with Crippen LogP contribution in [0.3, 0.4) is 0 Å². The summed E-state index contributed by atoms with van der Waals surface area (Å²) in [4.78, 5) is 13.3. The molecule has 3 aromatic carbocycles. The number of ketones is 1. The lowest BCUT2D eigenvalue weighted by molar-refractivity contribution is 0.103. The summed E-state index contributed by atoms with van der Waals surface area (Å²) in [5, 5.41) is 1.27. The molecule has 135 valence electrons. The van der Waals surface area contributed by atoms with E-state index in [0.29, 0.717) is 21.7 Å². The lowest BCUT2D eigenvalue weighted by atomic mass is 9.93. The van der Waals surface area contributed by atoms with E-state index >= 15 is 0 Å². The van der Waals surface area contributed by atoms with Gasteiger partial charge < -0.3 is 0 Å². The van der Waals surface area contributed by atoms with Crippen molar-refractivity contribution < 1.29 is 9.36 Å². The standard InChI is InChI=1S/C24H22O2P/c1-5-19-10-12-20(13-11-19)27(26)22-9-7-6-8-21(22)24(25)23-17(3)14-16(2)15-18(23)4/h5-15H,1H2,2-4H3. The molecule has 0 saturated carbocycles. The third-order valence-corrected chi connectivity index (χ3v) is 6.23. The molecule has 0 amide bonds. The Kier molecular flexibility index (Phi) is 5.48. The van der Waals surface area contributed by atoms with Gasteiger partial charge in [-0.15, -0.1) is 0 Å². The van der Waals surface area contributed by atoms with E-state index in [9.17, 15) is 9.36 Å². The van der Waals surface area contributed by atoms with Crippen LogP contribution in [0.4, 0.5) is 0 Å².